The second kappa shape index (κ2) is 10.5. The van der Waals surface area contributed by atoms with Gasteiger partial charge in [-0.3, -0.25) is 14.3 Å². The first-order valence-corrected chi connectivity index (χ1v) is 13.1. The van der Waals surface area contributed by atoms with Gasteiger partial charge < -0.3 is 9.84 Å². The Morgan fingerprint density at radius 2 is 2.03 bits per heavy atom. The van der Waals surface area contributed by atoms with Gasteiger partial charge in [0.15, 0.2) is 5.15 Å². The predicted octanol–water partition coefficient (Wildman–Crippen LogP) is 4.59. The number of sulfonamides is 1. The van der Waals surface area contributed by atoms with Gasteiger partial charge >= 0.3 is 12.3 Å². The molecule has 0 saturated carbocycles. The molecule has 1 atom stereocenters. The molecule has 0 spiro atoms. The first kappa shape index (κ1) is 28.1. The minimum atomic E-state index is -4.78. The molecule has 1 aliphatic heterocycles. The molecule has 1 amide bonds. The molecule has 0 saturated heterocycles. The van der Waals surface area contributed by atoms with E-state index in [4.69, 9.17) is 11.6 Å². The van der Waals surface area contributed by atoms with E-state index in [0.717, 1.165) is 18.2 Å². The Balaban J connectivity index is 1.97. The maximum absolute atomic E-state index is 13.7. The Bertz CT molecular complexity index is 1220. The number of carbonyl (C=O) groups is 1. The number of nitrogens with zero attached hydrogens (tertiary/aromatic N) is 3. The minimum Gasteiger partial charge on any atom is -0.434 e. The molecule has 0 radical (unpaired) electrons. The van der Waals surface area contributed by atoms with Gasteiger partial charge in [0.25, 0.3) is 10.0 Å². The lowest BCUT2D eigenvalue weighted by Crippen LogP contribution is -2.44. The van der Waals surface area contributed by atoms with Gasteiger partial charge in [-0.15, -0.1) is 0 Å². The molecule has 2 N–H and O–H groups in total. The Kier molecular flexibility index (Phi) is 8.16. The summed E-state index contributed by atoms with van der Waals surface area (Å²) in [7, 11) is -4.18. The lowest BCUT2D eigenvalue weighted by atomic mass is 9.90. The predicted molar refractivity (Wildman–Crippen MR) is 128 cm³/mol. The molecule has 0 fully saturated rings. The maximum Gasteiger partial charge on any atom is 0.427 e. The van der Waals surface area contributed by atoms with Crippen LogP contribution in [-0.4, -0.2) is 54.3 Å². The number of fused-ring (bicyclic) bond motifs is 1. The van der Waals surface area contributed by atoms with E-state index >= 15 is 0 Å². The molecular formula is C22H28ClF3N4O5S. The number of benzene rings is 1. The van der Waals surface area contributed by atoms with Gasteiger partial charge in [-0.25, -0.2) is 13.2 Å². The molecule has 14 heteroatoms. The number of aromatic nitrogens is 2. The fourth-order valence-corrected chi connectivity index (χ4v) is 5.84. The van der Waals surface area contributed by atoms with Crippen molar-refractivity contribution in [3.8, 4) is 0 Å². The second-order valence-electron chi connectivity index (χ2n) is 8.98. The standard InChI is InChI=1S/C22H28ClF3N4O5S/c1-4-29-13-18(19(23)28-29)36(33,34)30-12-14(6-5-9-31)10-15-7-8-16(11-17(15)30)27-20(32)35-21(2,3)22(24,25)26/h7-8,11,13-14,31H,4-6,9-10,12H2,1-3H3,(H,27,32). The van der Waals surface area contributed by atoms with Crippen LogP contribution in [0.1, 0.15) is 39.2 Å². The molecule has 2 aromatic rings. The Labute approximate surface area is 212 Å². The van der Waals surface area contributed by atoms with Crippen LogP contribution in [0.3, 0.4) is 0 Å². The number of rotatable bonds is 8. The van der Waals surface area contributed by atoms with E-state index in [0.29, 0.717) is 31.4 Å². The van der Waals surface area contributed by atoms with Crippen LogP contribution in [0.25, 0.3) is 0 Å². The van der Waals surface area contributed by atoms with E-state index in [-0.39, 0.29) is 40.5 Å². The van der Waals surface area contributed by atoms with Crippen LogP contribution in [0.2, 0.25) is 5.15 Å². The second-order valence-corrected chi connectivity index (χ2v) is 11.2. The molecule has 2 heterocycles. The summed E-state index contributed by atoms with van der Waals surface area (Å²) in [4.78, 5) is 12.0. The van der Waals surface area contributed by atoms with E-state index < -0.39 is 27.9 Å². The molecule has 1 aliphatic rings. The molecule has 200 valence electrons. The van der Waals surface area contributed by atoms with Crippen molar-refractivity contribution in [3.05, 3.63) is 35.1 Å². The van der Waals surface area contributed by atoms with Crippen LogP contribution >= 0.6 is 11.6 Å². The number of aliphatic hydroxyl groups excluding tert-OH is 1. The average molecular weight is 553 g/mol. The summed E-state index contributed by atoms with van der Waals surface area (Å²) in [5.74, 6) is -0.101. The van der Waals surface area contributed by atoms with E-state index in [1.807, 2.05) is 0 Å². The fraction of sp³-hybridized carbons (Fsp3) is 0.545. The van der Waals surface area contributed by atoms with Gasteiger partial charge in [-0.1, -0.05) is 17.7 Å². The largest absolute Gasteiger partial charge is 0.434 e. The van der Waals surface area contributed by atoms with Gasteiger partial charge in [0, 0.05) is 31.6 Å². The fourth-order valence-electron chi connectivity index (χ4n) is 3.82. The molecule has 3 rings (SSSR count). The first-order valence-electron chi connectivity index (χ1n) is 11.3. The highest BCUT2D eigenvalue weighted by atomic mass is 35.5. The molecule has 36 heavy (non-hydrogen) atoms. The summed E-state index contributed by atoms with van der Waals surface area (Å²) < 4.78 is 73.6. The monoisotopic (exact) mass is 552 g/mol. The third-order valence-electron chi connectivity index (χ3n) is 5.91. The maximum atomic E-state index is 13.7. The van der Waals surface area contributed by atoms with E-state index in [9.17, 15) is 31.5 Å². The van der Waals surface area contributed by atoms with Crippen LogP contribution in [0.15, 0.2) is 29.3 Å². The van der Waals surface area contributed by atoms with E-state index in [2.05, 4.69) is 15.2 Å². The highest BCUT2D eigenvalue weighted by molar-refractivity contribution is 7.93. The summed E-state index contributed by atoms with van der Waals surface area (Å²) in [6.45, 7) is 3.66. The van der Waals surface area contributed by atoms with Crippen molar-refractivity contribution in [1.29, 1.82) is 0 Å². The van der Waals surface area contributed by atoms with Crippen molar-refractivity contribution in [1.82, 2.24) is 9.78 Å². The molecule has 1 unspecified atom stereocenters. The summed E-state index contributed by atoms with van der Waals surface area (Å²) in [6, 6.07) is 4.43. The number of ether oxygens (including phenoxy) is 1. The topological polar surface area (TPSA) is 114 Å². The van der Waals surface area contributed by atoms with Gasteiger partial charge in [-0.2, -0.15) is 18.3 Å². The summed E-state index contributed by atoms with van der Waals surface area (Å²) >= 11 is 6.14. The van der Waals surface area contributed by atoms with Crippen molar-refractivity contribution in [3.63, 3.8) is 0 Å². The number of alkyl halides is 3. The number of anilines is 2. The molecule has 9 nitrogen and oxygen atoms in total. The number of aliphatic hydroxyl groups is 1. The summed E-state index contributed by atoms with van der Waals surface area (Å²) in [5.41, 5.74) is -1.76. The van der Waals surface area contributed by atoms with Crippen LogP contribution in [0, 0.1) is 5.92 Å². The molecule has 1 aromatic heterocycles. The number of halogens is 4. The number of amides is 1. The molecule has 0 bridgehead atoms. The Hall–Kier alpha value is -2.51. The van der Waals surface area contributed by atoms with Gasteiger partial charge in [0.2, 0.25) is 5.60 Å². The number of hydrogen-bond acceptors (Lipinski definition) is 6. The smallest absolute Gasteiger partial charge is 0.427 e. The quantitative estimate of drug-likeness (QED) is 0.495. The van der Waals surface area contributed by atoms with Crippen molar-refractivity contribution in [2.45, 2.75) is 63.3 Å². The van der Waals surface area contributed by atoms with E-state index in [1.165, 1.54) is 23.0 Å². The summed E-state index contributed by atoms with van der Waals surface area (Å²) in [6.07, 6.45) is -3.22. The zero-order valence-corrected chi connectivity index (χ0v) is 21.5. The van der Waals surface area contributed by atoms with Gasteiger partial charge in [-0.05, 0) is 63.6 Å². The van der Waals surface area contributed by atoms with Crippen molar-refractivity contribution in [2.75, 3.05) is 22.8 Å². The molecule has 0 aliphatic carbocycles. The van der Waals surface area contributed by atoms with Gasteiger partial charge in [0.1, 0.15) is 4.90 Å². The van der Waals surface area contributed by atoms with Crippen molar-refractivity contribution < 1.29 is 36.2 Å². The highest BCUT2D eigenvalue weighted by Crippen LogP contribution is 2.39. The number of aryl methyl sites for hydroxylation is 1. The zero-order chi connectivity index (χ0) is 26.9. The SMILES string of the molecule is CCn1cc(S(=O)(=O)N2CC(CCCO)Cc3ccc(NC(=O)OC(C)(C)C(F)(F)F)cc32)c(Cl)n1. The third kappa shape index (κ3) is 5.89. The minimum absolute atomic E-state index is 0.0373. The van der Waals surface area contributed by atoms with Gasteiger partial charge in [0.05, 0.1) is 5.69 Å². The van der Waals surface area contributed by atoms with Crippen LogP contribution in [-0.2, 0) is 27.7 Å². The van der Waals surface area contributed by atoms with E-state index in [1.54, 1.807) is 13.0 Å². The highest BCUT2D eigenvalue weighted by Gasteiger charge is 2.51. The lowest BCUT2D eigenvalue weighted by molar-refractivity contribution is -0.242. The van der Waals surface area contributed by atoms with Crippen LogP contribution in [0.4, 0.5) is 29.3 Å². The normalized spacial score (nSPS) is 16.6. The Morgan fingerprint density at radius 1 is 1.33 bits per heavy atom. The zero-order valence-electron chi connectivity index (χ0n) is 20.0. The van der Waals surface area contributed by atoms with Crippen LogP contribution in [0.5, 0.6) is 0 Å². The average Bonchev–Trinajstić information content (AvgIpc) is 3.17. The number of nitrogens with one attached hydrogen (secondary N) is 1. The van der Waals surface area contributed by atoms with Crippen molar-refractivity contribution >= 4 is 39.1 Å². The third-order valence-corrected chi connectivity index (χ3v) is 8.08. The van der Waals surface area contributed by atoms with Crippen LogP contribution < -0.4 is 9.62 Å². The molecule has 1 aromatic carbocycles. The lowest BCUT2D eigenvalue weighted by Gasteiger charge is -2.35. The molecular weight excluding hydrogens is 525 g/mol. The first-order chi connectivity index (χ1) is 16.7. The number of carbonyl (C=O) groups excluding carboxylic acids is 1. The Morgan fingerprint density at radius 3 is 2.61 bits per heavy atom. The number of hydrogen-bond donors (Lipinski definition) is 2. The van der Waals surface area contributed by atoms with Crippen molar-refractivity contribution in [2.24, 2.45) is 5.92 Å². The summed E-state index contributed by atoms with van der Waals surface area (Å²) in [5, 5.41) is 15.3.